The monoisotopic (exact) mass is 284 g/mol. The van der Waals surface area contributed by atoms with Crippen LogP contribution in [0.4, 0.5) is 4.39 Å². The van der Waals surface area contributed by atoms with Gasteiger partial charge in [-0.25, -0.2) is 4.39 Å². The fraction of sp³-hybridized carbons (Fsp3) is 0.417. The summed E-state index contributed by atoms with van der Waals surface area (Å²) in [6.45, 7) is 0.480. The van der Waals surface area contributed by atoms with Crippen molar-refractivity contribution in [2.75, 3.05) is 6.61 Å². The van der Waals surface area contributed by atoms with Gasteiger partial charge in [-0.2, -0.15) is 0 Å². The van der Waals surface area contributed by atoms with Crippen LogP contribution in [0.3, 0.4) is 0 Å². The van der Waals surface area contributed by atoms with Crippen molar-refractivity contribution >= 4 is 21.9 Å². The summed E-state index contributed by atoms with van der Waals surface area (Å²) in [4.78, 5) is 11.6. The molecule has 1 spiro atoms. The van der Waals surface area contributed by atoms with Crippen LogP contribution >= 0.6 is 15.9 Å². The first-order chi connectivity index (χ1) is 7.63. The van der Waals surface area contributed by atoms with Crippen LogP contribution in [0.15, 0.2) is 22.7 Å². The van der Waals surface area contributed by atoms with E-state index >= 15 is 0 Å². The van der Waals surface area contributed by atoms with Gasteiger partial charge in [0.1, 0.15) is 5.82 Å². The second-order valence-electron chi connectivity index (χ2n) is 4.46. The molecule has 1 saturated heterocycles. The highest BCUT2D eigenvalue weighted by molar-refractivity contribution is 9.10. The molecule has 2 unspecified atom stereocenters. The fourth-order valence-electron chi connectivity index (χ4n) is 2.57. The maximum Gasteiger partial charge on any atom is 0.312 e. The Morgan fingerprint density at radius 2 is 2.31 bits per heavy atom. The summed E-state index contributed by atoms with van der Waals surface area (Å²) in [5, 5.41) is 0. The molecule has 0 aromatic heterocycles. The van der Waals surface area contributed by atoms with Crippen LogP contribution in [-0.4, -0.2) is 12.6 Å². The third-order valence-electron chi connectivity index (χ3n) is 3.60. The smallest absolute Gasteiger partial charge is 0.312 e. The quantitative estimate of drug-likeness (QED) is 0.741. The number of cyclic esters (lactones) is 1. The van der Waals surface area contributed by atoms with Gasteiger partial charge in [-0.15, -0.1) is 0 Å². The molecular formula is C12H10BrFO2. The van der Waals surface area contributed by atoms with E-state index in [2.05, 4.69) is 15.9 Å². The minimum absolute atomic E-state index is 0.00981. The fourth-order valence-corrected chi connectivity index (χ4v) is 2.90. The molecule has 1 saturated carbocycles. The summed E-state index contributed by atoms with van der Waals surface area (Å²) in [5.41, 5.74) is 0.233. The van der Waals surface area contributed by atoms with Crippen LogP contribution in [0, 0.1) is 11.2 Å². The number of hydrogen-bond donors (Lipinski definition) is 0. The molecule has 0 amide bonds. The number of esters is 1. The van der Waals surface area contributed by atoms with E-state index < -0.39 is 5.41 Å². The number of halogens is 2. The van der Waals surface area contributed by atoms with Gasteiger partial charge < -0.3 is 4.74 Å². The lowest BCUT2D eigenvalue weighted by Crippen LogP contribution is -2.11. The van der Waals surface area contributed by atoms with Crippen LogP contribution in [0.5, 0.6) is 0 Å². The molecular weight excluding hydrogens is 275 g/mol. The van der Waals surface area contributed by atoms with Crippen molar-refractivity contribution in [3.05, 3.63) is 34.1 Å². The number of benzene rings is 1. The lowest BCUT2D eigenvalue weighted by Gasteiger charge is -2.06. The normalized spacial score (nSPS) is 31.9. The third-order valence-corrected chi connectivity index (χ3v) is 4.09. The second-order valence-corrected chi connectivity index (χ2v) is 5.38. The van der Waals surface area contributed by atoms with E-state index in [4.69, 9.17) is 4.74 Å². The first-order valence-corrected chi connectivity index (χ1v) is 6.05. The molecule has 1 aromatic rings. The summed E-state index contributed by atoms with van der Waals surface area (Å²) in [6.07, 6.45) is 1.45. The highest BCUT2D eigenvalue weighted by Gasteiger charge is 2.64. The highest BCUT2D eigenvalue weighted by atomic mass is 79.9. The lowest BCUT2D eigenvalue weighted by molar-refractivity contribution is -0.142. The minimum atomic E-state index is -0.408. The summed E-state index contributed by atoms with van der Waals surface area (Å²) in [5.74, 6) is -0.383. The van der Waals surface area contributed by atoms with Crippen LogP contribution in [-0.2, 0) is 9.53 Å². The Bertz CT molecular complexity index is 474. The zero-order valence-corrected chi connectivity index (χ0v) is 10.1. The van der Waals surface area contributed by atoms with E-state index in [9.17, 15) is 9.18 Å². The van der Waals surface area contributed by atoms with Crippen LogP contribution < -0.4 is 0 Å². The maximum absolute atomic E-state index is 13.7. The minimum Gasteiger partial charge on any atom is -0.465 e. The molecule has 1 aromatic carbocycles. The second kappa shape index (κ2) is 3.29. The molecule has 2 atom stereocenters. The van der Waals surface area contributed by atoms with E-state index in [0.717, 1.165) is 17.3 Å². The SMILES string of the molecule is O=C1OCCC12CC2c1ccc(Br)cc1F. The lowest BCUT2D eigenvalue weighted by atomic mass is 9.97. The summed E-state index contributed by atoms with van der Waals surface area (Å²) in [6, 6.07) is 5.01. The van der Waals surface area contributed by atoms with Crippen LogP contribution in [0.25, 0.3) is 0 Å². The summed E-state index contributed by atoms with van der Waals surface area (Å²) in [7, 11) is 0. The molecule has 0 radical (unpaired) electrons. The Morgan fingerprint density at radius 3 is 2.94 bits per heavy atom. The van der Waals surface area contributed by atoms with Gasteiger partial charge in [-0.1, -0.05) is 22.0 Å². The Kier molecular flexibility index (Phi) is 2.11. The Balaban J connectivity index is 1.93. The molecule has 1 aliphatic heterocycles. The van der Waals surface area contributed by atoms with Gasteiger partial charge in [0.25, 0.3) is 0 Å². The molecule has 2 nitrogen and oxygen atoms in total. The van der Waals surface area contributed by atoms with Crippen molar-refractivity contribution < 1.29 is 13.9 Å². The maximum atomic E-state index is 13.7. The number of carbonyl (C=O) groups excluding carboxylic acids is 1. The van der Waals surface area contributed by atoms with Crippen molar-refractivity contribution in [3.8, 4) is 0 Å². The molecule has 1 aliphatic carbocycles. The van der Waals surface area contributed by atoms with Gasteiger partial charge in [0.05, 0.1) is 12.0 Å². The predicted octanol–water partition coefficient (Wildman–Crippen LogP) is 3.01. The van der Waals surface area contributed by atoms with Crippen molar-refractivity contribution in [2.45, 2.75) is 18.8 Å². The van der Waals surface area contributed by atoms with E-state index in [0.29, 0.717) is 12.2 Å². The van der Waals surface area contributed by atoms with E-state index in [1.165, 1.54) is 6.07 Å². The van der Waals surface area contributed by atoms with E-state index in [1.54, 1.807) is 6.07 Å². The molecule has 1 heterocycles. The summed E-state index contributed by atoms with van der Waals surface area (Å²) >= 11 is 3.22. The Morgan fingerprint density at radius 1 is 1.50 bits per heavy atom. The van der Waals surface area contributed by atoms with Gasteiger partial charge in [0.2, 0.25) is 0 Å². The highest BCUT2D eigenvalue weighted by Crippen LogP contribution is 2.64. The van der Waals surface area contributed by atoms with Crippen molar-refractivity contribution in [1.29, 1.82) is 0 Å². The van der Waals surface area contributed by atoms with E-state index in [-0.39, 0.29) is 17.7 Å². The molecule has 84 valence electrons. The molecule has 2 aliphatic rings. The van der Waals surface area contributed by atoms with Crippen molar-refractivity contribution in [1.82, 2.24) is 0 Å². The van der Waals surface area contributed by atoms with Crippen molar-refractivity contribution in [3.63, 3.8) is 0 Å². The first kappa shape index (κ1) is 10.3. The third kappa shape index (κ3) is 1.32. The van der Waals surface area contributed by atoms with Gasteiger partial charge in [0.15, 0.2) is 0 Å². The van der Waals surface area contributed by atoms with Crippen molar-refractivity contribution in [2.24, 2.45) is 5.41 Å². The molecule has 4 heteroatoms. The molecule has 0 bridgehead atoms. The molecule has 16 heavy (non-hydrogen) atoms. The first-order valence-electron chi connectivity index (χ1n) is 5.26. The topological polar surface area (TPSA) is 26.3 Å². The average Bonchev–Trinajstić information content (AvgIpc) is 2.82. The van der Waals surface area contributed by atoms with Gasteiger partial charge >= 0.3 is 5.97 Å². The number of hydrogen-bond acceptors (Lipinski definition) is 2. The molecule has 0 N–H and O–H groups in total. The number of rotatable bonds is 1. The Hall–Kier alpha value is -0.900. The molecule has 3 rings (SSSR count). The standard InChI is InChI=1S/C12H10BrFO2/c13-7-1-2-8(10(14)5-7)9-6-12(9)3-4-16-11(12)15/h1-2,5,9H,3-4,6H2. The van der Waals surface area contributed by atoms with E-state index in [1.807, 2.05) is 6.07 Å². The number of carbonyl (C=O) groups is 1. The predicted molar refractivity (Wildman–Crippen MR) is 59.5 cm³/mol. The van der Waals surface area contributed by atoms with Crippen LogP contribution in [0.1, 0.15) is 24.3 Å². The zero-order chi connectivity index (χ0) is 11.3. The van der Waals surface area contributed by atoms with Gasteiger partial charge in [0, 0.05) is 10.4 Å². The van der Waals surface area contributed by atoms with Gasteiger partial charge in [-0.05, 0) is 30.5 Å². The average molecular weight is 285 g/mol. The summed E-state index contributed by atoms with van der Waals surface area (Å²) < 4.78 is 19.4. The van der Waals surface area contributed by atoms with Crippen LogP contribution in [0.2, 0.25) is 0 Å². The largest absolute Gasteiger partial charge is 0.465 e. The Labute approximate surface area is 101 Å². The molecule has 2 fully saturated rings. The van der Waals surface area contributed by atoms with Gasteiger partial charge in [-0.3, -0.25) is 4.79 Å². The number of ether oxygens (including phenoxy) is 1. The zero-order valence-electron chi connectivity index (χ0n) is 8.50.